The van der Waals surface area contributed by atoms with Crippen LogP contribution in [0.2, 0.25) is 5.02 Å². The van der Waals surface area contributed by atoms with Gasteiger partial charge < -0.3 is 14.8 Å². The summed E-state index contributed by atoms with van der Waals surface area (Å²) in [6, 6.07) is 4.18. The Bertz CT molecular complexity index is 394. The lowest BCUT2D eigenvalue weighted by Gasteiger charge is -2.23. The molecule has 4 heteroatoms. The maximum absolute atomic E-state index is 6.23. The molecule has 3 nitrogen and oxygen atoms in total. The minimum atomic E-state index is 0.257. The van der Waals surface area contributed by atoms with Crippen molar-refractivity contribution in [3.05, 3.63) is 22.7 Å². The first-order chi connectivity index (χ1) is 8.54. The fourth-order valence-corrected chi connectivity index (χ4v) is 2.37. The van der Waals surface area contributed by atoms with Crippen LogP contribution in [0.25, 0.3) is 0 Å². The molecule has 0 aliphatic heterocycles. The zero-order chi connectivity index (χ0) is 13.7. The molecule has 1 rings (SSSR count). The van der Waals surface area contributed by atoms with E-state index >= 15 is 0 Å². The fourth-order valence-electron chi connectivity index (χ4n) is 2.08. The van der Waals surface area contributed by atoms with Gasteiger partial charge in [0.2, 0.25) is 0 Å². The summed E-state index contributed by atoms with van der Waals surface area (Å²) in [7, 11) is 3.21. The monoisotopic (exact) mass is 271 g/mol. The van der Waals surface area contributed by atoms with Crippen molar-refractivity contribution in [1.29, 1.82) is 0 Å². The number of halogens is 1. The van der Waals surface area contributed by atoms with Gasteiger partial charge >= 0.3 is 0 Å². The summed E-state index contributed by atoms with van der Waals surface area (Å²) in [5.41, 5.74) is 1.12. The second-order valence-corrected chi connectivity index (χ2v) is 4.92. The Morgan fingerprint density at radius 2 is 1.89 bits per heavy atom. The van der Waals surface area contributed by atoms with E-state index in [1.54, 1.807) is 14.2 Å². The predicted molar refractivity (Wildman–Crippen MR) is 75.8 cm³/mol. The van der Waals surface area contributed by atoms with Crippen LogP contribution in [0, 0.1) is 5.92 Å². The molecule has 1 atom stereocenters. The van der Waals surface area contributed by atoms with Gasteiger partial charge in [0.1, 0.15) is 0 Å². The van der Waals surface area contributed by atoms with Crippen LogP contribution in [0.15, 0.2) is 12.1 Å². The van der Waals surface area contributed by atoms with Crippen LogP contribution in [-0.2, 0) is 0 Å². The van der Waals surface area contributed by atoms with E-state index in [-0.39, 0.29) is 6.04 Å². The minimum absolute atomic E-state index is 0.257. The molecule has 1 aromatic rings. The normalized spacial score (nSPS) is 12.6. The van der Waals surface area contributed by atoms with E-state index in [9.17, 15) is 0 Å². The largest absolute Gasteiger partial charge is 0.493 e. The number of hydrogen-bond donors (Lipinski definition) is 1. The third-order valence-electron chi connectivity index (χ3n) is 2.91. The van der Waals surface area contributed by atoms with Gasteiger partial charge in [0.25, 0.3) is 0 Å². The Hall–Kier alpha value is -0.930. The van der Waals surface area contributed by atoms with Gasteiger partial charge in [-0.25, -0.2) is 0 Å². The first-order valence-corrected chi connectivity index (χ1v) is 6.57. The van der Waals surface area contributed by atoms with E-state index in [0.29, 0.717) is 22.4 Å². The smallest absolute Gasteiger partial charge is 0.179 e. The van der Waals surface area contributed by atoms with Crippen molar-refractivity contribution >= 4 is 11.6 Å². The van der Waals surface area contributed by atoms with Crippen molar-refractivity contribution < 1.29 is 9.47 Å². The number of rotatable bonds is 6. The van der Waals surface area contributed by atoms with Gasteiger partial charge in [-0.05, 0) is 30.2 Å². The Balaban J connectivity index is 3.20. The van der Waals surface area contributed by atoms with Gasteiger partial charge in [0, 0.05) is 6.04 Å². The molecule has 0 fully saturated rings. The van der Waals surface area contributed by atoms with Crippen molar-refractivity contribution in [2.24, 2.45) is 5.92 Å². The van der Waals surface area contributed by atoms with Crippen LogP contribution >= 0.6 is 11.6 Å². The van der Waals surface area contributed by atoms with E-state index in [2.05, 4.69) is 26.1 Å². The second-order valence-electron chi connectivity index (χ2n) is 4.52. The molecule has 1 N–H and O–H groups in total. The standard InChI is InChI=1S/C14H22ClNO2/c1-6-16-13(9(2)3)10-7-11(15)14(18-5)12(8-10)17-4/h7-9,13,16H,6H2,1-5H3. The van der Waals surface area contributed by atoms with Gasteiger partial charge in [-0.2, -0.15) is 0 Å². The van der Waals surface area contributed by atoms with Gasteiger partial charge in [-0.3, -0.25) is 0 Å². The Labute approximate surface area is 114 Å². The summed E-state index contributed by atoms with van der Waals surface area (Å²) in [4.78, 5) is 0. The number of nitrogens with one attached hydrogen (secondary N) is 1. The van der Waals surface area contributed by atoms with Gasteiger partial charge in [0.05, 0.1) is 19.2 Å². The van der Waals surface area contributed by atoms with E-state index in [1.807, 2.05) is 12.1 Å². The molecule has 0 amide bonds. The van der Waals surface area contributed by atoms with Crippen LogP contribution in [0.3, 0.4) is 0 Å². The average Bonchev–Trinajstić information content (AvgIpc) is 2.34. The molecule has 0 bridgehead atoms. The Morgan fingerprint density at radius 1 is 1.22 bits per heavy atom. The maximum Gasteiger partial charge on any atom is 0.179 e. The quantitative estimate of drug-likeness (QED) is 0.856. The average molecular weight is 272 g/mol. The van der Waals surface area contributed by atoms with Crippen LogP contribution in [-0.4, -0.2) is 20.8 Å². The highest BCUT2D eigenvalue weighted by Crippen LogP contribution is 2.38. The topological polar surface area (TPSA) is 30.5 Å². The highest BCUT2D eigenvalue weighted by molar-refractivity contribution is 6.32. The molecular weight excluding hydrogens is 250 g/mol. The summed E-state index contributed by atoms with van der Waals surface area (Å²) in [5, 5.41) is 4.04. The third-order valence-corrected chi connectivity index (χ3v) is 3.19. The van der Waals surface area contributed by atoms with Gasteiger partial charge in [-0.1, -0.05) is 32.4 Å². The lowest BCUT2D eigenvalue weighted by Crippen LogP contribution is -2.25. The first-order valence-electron chi connectivity index (χ1n) is 6.19. The second kappa shape index (κ2) is 6.86. The molecule has 0 aliphatic carbocycles. The lowest BCUT2D eigenvalue weighted by atomic mass is 9.95. The zero-order valence-electron chi connectivity index (χ0n) is 11.7. The molecule has 0 spiro atoms. The molecule has 102 valence electrons. The Kier molecular flexibility index (Phi) is 5.76. The van der Waals surface area contributed by atoms with E-state index in [0.717, 1.165) is 12.1 Å². The van der Waals surface area contributed by atoms with Crippen LogP contribution in [0.1, 0.15) is 32.4 Å². The highest BCUT2D eigenvalue weighted by Gasteiger charge is 2.19. The SMILES string of the molecule is CCNC(c1cc(Cl)c(OC)c(OC)c1)C(C)C. The number of hydrogen-bond acceptors (Lipinski definition) is 3. The molecule has 0 aliphatic rings. The molecule has 0 aromatic heterocycles. The van der Waals surface area contributed by atoms with E-state index < -0.39 is 0 Å². The van der Waals surface area contributed by atoms with Crippen LogP contribution < -0.4 is 14.8 Å². The molecule has 0 saturated heterocycles. The predicted octanol–water partition coefficient (Wildman–Crippen LogP) is 3.66. The van der Waals surface area contributed by atoms with Gasteiger partial charge in [0.15, 0.2) is 11.5 Å². The third kappa shape index (κ3) is 3.30. The van der Waals surface area contributed by atoms with Crippen molar-refractivity contribution in [3.8, 4) is 11.5 Å². The molecule has 0 heterocycles. The molecule has 0 saturated carbocycles. The lowest BCUT2D eigenvalue weighted by molar-refractivity contribution is 0.352. The minimum Gasteiger partial charge on any atom is -0.493 e. The van der Waals surface area contributed by atoms with E-state index in [1.165, 1.54) is 0 Å². The maximum atomic E-state index is 6.23. The summed E-state index contributed by atoms with van der Waals surface area (Å²) in [6.07, 6.45) is 0. The summed E-state index contributed by atoms with van der Waals surface area (Å²) in [5.74, 6) is 1.73. The van der Waals surface area contributed by atoms with Crippen molar-refractivity contribution in [2.45, 2.75) is 26.8 Å². The van der Waals surface area contributed by atoms with Crippen molar-refractivity contribution in [2.75, 3.05) is 20.8 Å². The highest BCUT2D eigenvalue weighted by atomic mass is 35.5. The van der Waals surface area contributed by atoms with Gasteiger partial charge in [-0.15, -0.1) is 0 Å². The summed E-state index contributed by atoms with van der Waals surface area (Å²) < 4.78 is 10.6. The van der Waals surface area contributed by atoms with Crippen molar-refractivity contribution in [1.82, 2.24) is 5.32 Å². The Morgan fingerprint density at radius 3 is 2.33 bits per heavy atom. The number of methoxy groups -OCH3 is 2. The fraction of sp³-hybridized carbons (Fsp3) is 0.571. The number of benzene rings is 1. The summed E-state index contributed by atoms with van der Waals surface area (Å²) in [6.45, 7) is 7.36. The molecule has 1 aromatic carbocycles. The molecule has 18 heavy (non-hydrogen) atoms. The summed E-state index contributed by atoms with van der Waals surface area (Å²) >= 11 is 6.23. The van der Waals surface area contributed by atoms with E-state index in [4.69, 9.17) is 21.1 Å². The first kappa shape index (κ1) is 15.1. The van der Waals surface area contributed by atoms with Crippen LogP contribution in [0.5, 0.6) is 11.5 Å². The number of ether oxygens (including phenoxy) is 2. The zero-order valence-corrected chi connectivity index (χ0v) is 12.5. The molecule has 0 radical (unpaired) electrons. The van der Waals surface area contributed by atoms with Crippen LogP contribution in [0.4, 0.5) is 0 Å². The van der Waals surface area contributed by atoms with Crippen molar-refractivity contribution in [3.63, 3.8) is 0 Å². The molecule has 1 unspecified atom stereocenters. The molecular formula is C14H22ClNO2.